The Labute approximate surface area is 159 Å². The molecule has 0 N–H and O–H groups in total. The summed E-state index contributed by atoms with van der Waals surface area (Å²) in [6, 6.07) is 10.4. The molecule has 2 heterocycles. The molecule has 1 amide bonds. The summed E-state index contributed by atoms with van der Waals surface area (Å²) in [4.78, 5) is 30.6. The molecule has 0 saturated heterocycles. The minimum absolute atomic E-state index is 0.0819. The number of esters is 1. The van der Waals surface area contributed by atoms with Crippen molar-refractivity contribution < 1.29 is 23.1 Å². The Morgan fingerprint density at radius 3 is 2.78 bits per heavy atom. The van der Waals surface area contributed by atoms with Crippen LogP contribution in [0.25, 0.3) is 0 Å². The van der Waals surface area contributed by atoms with Gasteiger partial charge in [-0.3, -0.25) is 4.79 Å². The number of benzene rings is 1. The van der Waals surface area contributed by atoms with Gasteiger partial charge in [-0.05, 0) is 55.3 Å². The highest BCUT2D eigenvalue weighted by Gasteiger charge is 2.29. The number of hydrogen-bond acceptors (Lipinski definition) is 5. The molecule has 27 heavy (non-hydrogen) atoms. The first-order chi connectivity index (χ1) is 13.0. The van der Waals surface area contributed by atoms with Crippen molar-refractivity contribution in [3.63, 3.8) is 0 Å². The third kappa shape index (κ3) is 4.44. The Morgan fingerprint density at radius 1 is 1.22 bits per heavy atom. The fourth-order valence-electron chi connectivity index (χ4n) is 2.98. The third-order valence-electron chi connectivity index (χ3n) is 4.20. The van der Waals surface area contributed by atoms with E-state index in [1.807, 2.05) is 24.3 Å². The molecule has 0 spiro atoms. The van der Waals surface area contributed by atoms with Gasteiger partial charge in [0.2, 0.25) is 0 Å². The molecule has 0 fully saturated rings. The van der Waals surface area contributed by atoms with E-state index < -0.39 is 17.8 Å². The summed E-state index contributed by atoms with van der Waals surface area (Å²) in [5.41, 5.74) is 1.80. The Morgan fingerprint density at radius 2 is 2.00 bits per heavy atom. The highest BCUT2D eigenvalue weighted by atomic mass is 32.2. The molecule has 5 nitrogen and oxygen atoms in total. The Balaban J connectivity index is 1.74. The lowest BCUT2D eigenvalue weighted by molar-refractivity contribution is -0.126. The lowest BCUT2D eigenvalue weighted by atomic mass is 10.0. The third-order valence-corrected chi connectivity index (χ3v) is 4.93. The number of para-hydroxylation sites is 1. The number of hydrogen-bond donors (Lipinski definition) is 0. The molecule has 1 aliphatic heterocycles. The number of thioether (sulfide) groups is 1. The van der Waals surface area contributed by atoms with Gasteiger partial charge in [-0.25, -0.2) is 9.78 Å². The number of halogens is 2. The first kappa shape index (κ1) is 19.3. The maximum atomic E-state index is 12.8. The first-order valence-corrected chi connectivity index (χ1v) is 9.35. The van der Waals surface area contributed by atoms with Gasteiger partial charge in [-0.15, -0.1) is 0 Å². The standard InChI is InChI=1S/C19H18F2N2O3S/c1-12(17(24)23-11-5-7-13-6-2-3-9-15(13)23)26-18(25)14-8-4-10-22-16(14)27-19(20)21/h2-4,6,8-10,12,19H,5,7,11H2,1H3/t12-/m0/s1. The van der Waals surface area contributed by atoms with Crippen molar-refractivity contribution in [1.82, 2.24) is 4.98 Å². The zero-order chi connectivity index (χ0) is 19.4. The molecule has 0 saturated carbocycles. The van der Waals surface area contributed by atoms with E-state index in [4.69, 9.17) is 4.74 Å². The number of fused-ring (bicyclic) bond motifs is 1. The van der Waals surface area contributed by atoms with Gasteiger partial charge in [0, 0.05) is 18.4 Å². The van der Waals surface area contributed by atoms with Crippen LogP contribution < -0.4 is 4.90 Å². The number of nitrogens with zero attached hydrogens (tertiary/aromatic N) is 2. The Hall–Kier alpha value is -2.48. The molecular formula is C19H18F2N2O3S. The molecule has 1 aromatic carbocycles. The maximum Gasteiger partial charge on any atom is 0.341 e. The molecule has 0 aliphatic carbocycles. The van der Waals surface area contributed by atoms with Crippen molar-refractivity contribution in [1.29, 1.82) is 0 Å². The average molecular weight is 392 g/mol. The van der Waals surface area contributed by atoms with Crippen LogP contribution in [0.1, 0.15) is 29.3 Å². The van der Waals surface area contributed by atoms with Crippen LogP contribution in [0.2, 0.25) is 0 Å². The lowest BCUT2D eigenvalue weighted by Crippen LogP contribution is -2.42. The summed E-state index contributed by atoms with van der Waals surface area (Å²) in [7, 11) is 0. The number of aryl methyl sites for hydroxylation is 1. The average Bonchev–Trinajstić information content (AvgIpc) is 2.66. The van der Waals surface area contributed by atoms with Crippen molar-refractivity contribution >= 4 is 29.3 Å². The predicted octanol–water partition coefficient (Wildman–Crippen LogP) is 3.92. The lowest BCUT2D eigenvalue weighted by Gasteiger charge is -2.31. The van der Waals surface area contributed by atoms with Crippen LogP contribution in [-0.4, -0.2) is 35.3 Å². The van der Waals surface area contributed by atoms with Gasteiger partial charge in [-0.2, -0.15) is 8.78 Å². The second kappa shape index (κ2) is 8.47. The second-order valence-corrected chi connectivity index (χ2v) is 6.98. The highest BCUT2D eigenvalue weighted by Crippen LogP contribution is 2.29. The zero-order valence-electron chi connectivity index (χ0n) is 14.6. The van der Waals surface area contributed by atoms with E-state index in [1.54, 1.807) is 4.90 Å². The summed E-state index contributed by atoms with van der Waals surface area (Å²) < 4.78 is 30.6. The van der Waals surface area contributed by atoms with Crippen molar-refractivity contribution in [3.05, 3.63) is 53.7 Å². The van der Waals surface area contributed by atoms with Crippen LogP contribution in [0.3, 0.4) is 0 Å². The van der Waals surface area contributed by atoms with Crippen molar-refractivity contribution in [2.75, 3.05) is 11.4 Å². The van der Waals surface area contributed by atoms with Gasteiger partial charge >= 0.3 is 5.97 Å². The van der Waals surface area contributed by atoms with E-state index in [2.05, 4.69) is 4.98 Å². The summed E-state index contributed by atoms with van der Waals surface area (Å²) in [5, 5.41) is -0.125. The largest absolute Gasteiger partial charge is 0.449 e. The first-order valence-electron chi connectivity index (χ1n) is 8.47. The molecular weight excluding hydrogens is 374 g/mol. The normalized spacial score (nSPS) is 14.6. The number of amides is 1. The van der Waals surface area contributed by atoms with Crippen molar-refractivity contribution in [2.24, 2.45) is 0 Å². The minimum Gasteiger partial charge on any atom is -0.449 e. The van der Waals surface area contributed by atoms with E-state index in [1.165, 1.54) is 25.3 Å². The molecule has 0 unspecified atom stereocenters. The molecule has 1 atom stereocenters. The van der Waals surface area contributed by atoms with Crippen LogP contribution >= 0.6 is 11.8 Å². The molecule has 142 valence electrons. The molecule has 8 heteroatoms. The van der Waals surface area contributed by atoms with Crippen LogP contribution in [0.4, 0.5) is 14.5 Å². The molecule has 1 aromatic heterocycles. The van der Waals surface area contributed by atoms with Crippen molar-refractivity contribution in [2.45, 2.75) is 36.7 Å². The second-order valence-electron chi connectivity index (χ2n) is 6.00. The number of anilines is 1. The SMILES string of the molecule is C[C@H](OC(=O)c1cccnc1SC(F)F)C(=O)N1CCCc2ccccc21. The van der Waals surface area contributed by atoms with Crippen LogP contribution in [0.15, 0.2) is 47.6 Å². The van der Waals surface area contributed by atoms with E-state index in [0.29, 0.717) is 6.54 Å². The quantitative estimate of drug-likeness (QED) is 0.570. The van der Waals surface area contributed by atoms with Gasteiger partial charge in [-0.1, -0.05) is 18.2 Å². The van der Waals surface area contributed by atoms with Gasteiger partial charge in [0.15, 0.2) is 6.10 Å². The van der Waals surface area contributed by atoms with Crippen LogP contribution in [-0.2, 0) is 16.0 Å². The number of carbonyl (C=O) groups is 2. The van der Waals surface area contributed by atoms with Gasteiger partial charge in [0.05, 0.1) is 5.56 Å². The number of ether oxygens (including phenoxy) is 1. The van der Waals surface area contributed by atoms with E-state index >= 15 is 0 Å². The fourth-order valence-corrected chi connectivity index (χ4v) is 3.55. The summed E-state index contributed by atoms with van der Waals surface area (Å²) in [5.74, 6) is -3.91. The molecule has 2 aromatic rings. The number of carbonyl (C=O) groups excluding carboxylic acids is 2. The minimum atomic E-state index is -2.71. The maximum absolute atomic E-state index is 12.8. The topological polar surface area (TPSA) is 59.5 Å². The van der Waals surface area contributed by atoms with E-state index in [0.717, 1.165) is 24.1 Å². The molecule has 0 bridgehead atoms. The zero-order valence-corrected chi connectivity index (χ0v) is 15.4. The fraction of sp³-hybridized carbons (Fsp3) is 0.316. The number of pyridine rings is 1. The number of aromatic nitrogens is 1. The van der Waals surface area contributed by atoms with Gasteiger partial charge in [0.25, 0.3) is 11.7 Å². The van der Waals surface area contributed by atoms with Crippen LogP contribution in [0.5, 0.6) is 0 Å². The Kier molecular flexibility index (Phi) is 6.05. The summed E-state index contributed by atoms with van der Waals surface area (Å²) in [6.07, 6.45) is 1.98. The predicted molar refractivity (Wildman–Crippen MR) is 98.1 cm³/mol. The molecule has 0 radical (unpaired) electrons. The molecule has 1 aliphatic rings. The monoisotopic (exact) mass is 392 g/mol. The summed E-state index contributed by atoms with van der Waals surface area (Å²) >= 11 is 0.167. The van der Waals surface area contributed by atoms with Gasteiger partial charge in [0.1, 0.15) is 5.03 Å². The van der Waals surface area contributed by atoms with E-state index in [9.17, 15) is 18.4 Å². The van der Waals surface area contributed by atoms with Crippen LogP contribution in [0, 0.1) is 0 Å². The Bertz CT molecular complexity index is 847. The van der Waals surface area contributed by atoms with Crippen molar-refractivity contribution in [3.8, 4) is 0 Å². The summed E-state index contributed by atoms with van der Waals surface area (Å²) in [6.45, 7) is 2.02. The molecule has 3 rings (SSSR count). The van der Waals surface area contributed by atoms with Gasteiger partial charge < -0.3 is 9.64 Å². The van der Waals surface area contributed by atoms with E-state index in [-0.39, 0.29) is 28.3 Å². The number of rotatable bonds is 5. The highest BCUT2D eigenvalue weighted by molar-refractivity contribution is 7.99. The number of alkyl halides is 2. The smallest absolute Gasteiger partial charge is 0.341 e.